The molecule has 1 saturated heterocycles. The molecule has 6 heteroatoms. The van der Waals surface area contributed by atoms with Crippen LogP contribution in [0.15, 0.2) is 24.3 Å². The van der Waals surface area contributed by atoms with Gasteiger partial charge in [-0.25, -0.2) is 0 Å². The van der Waals surface area contributed by atoms with Crippen molar-refractivity contribution < 1.29 is 20.5 Å². The first-order valence-electron chi connectivity index (χ1n) is 5.21. The van der Waals surface area contributed by atoms with E-state index in [0.29, 0.717) is 26.3 Å². The molecule has 0 bridgehead atoms. The van der Waals surface area contributed by atoms with Crippen molar-refractivity contribution in [1.29, 1.82) is 0 Å². The highest BCUT2D eigenvalue weighted by atomic mass is 16.5. The van der Waals surface area contributed by atoms with Gasteiger partial charge in [-0.15, -0.1) is 0 Å². The maximum atomic E-state index is 12.0. The third-order valence-electron chi connectivity index (χ3n) is 2.60. The van der Waals surface area contributed by atoms with Gasteiger partial charge in [-0.3, -0.25) is 4.79 Å². The summed E-state index contributed by atoms with van der Waals surface area (Å²) in [7, 11) is 2.02. The number of carbonyl (C=O) groups excluding carboxylic acids is 1. The normalized spacial score (nSPS) is 14.5. The number of rotatable bonds is 1. The van der Waals surface area contributed by atoms with Gasteiger partial charge >= 0.3 is 0 Å². The third-order valence-corrected chi connectivity index (χ3v) is 2.60. The number of hydrogen-bond donors (Lipinski definition) is 0. The van der Waals surface area contributed by atoms with Gasteiger partial charge in [0, 0.05) is 18.7 Å². The Morgan fingerprint density at radius 3 is 2.18 bits per heavy atom. The van der Waals surface area contributed by atoms with Gasteiger partial charge in [0.05, 0.1) is 13.2 Å². The van der Waals surface area contributed by atoms with Gasteiger partial charge in [-0.2, -0.15) is 0 Å². The second-order valence-electron chi connectivity index (χ2n) is 3.77. The van der Waals surface area contributed by atoms with Gasteiger partial charge in [0.1, 0.15) is 7.85 Å². The molecule has 94 valence electrons. The van der Waals surface area contributed by atoms with Crippen molar-refractivity contribution in [3.05, 3.63) is 29.8 Å². The van der Waals surface area contributed by atoms with Gasteiger partial charge in [0.2, 0.25) is 0 Å². The van der Waals surface area contributed by atoms with Crippen molar-refractivity contribution in [2.24, 2.45) is 0 Å². The number of amides is 1. The predicted molar refractivity (Wildman–Crippen MR) is 68.6 cm³/mol. The minimum absolute atomic E-state index is 0. The largest absolute Gasteiger partial charge is 0.412 e. The van der Waals surface area contributed by atoms with Gasteiger partial charge in [-0.05, 0) is 0 Å². The molecule has 0 radical (unpaired) electrons. The van der Waals surface area contributed by atoms with Crippen molar-refractivity contribution in [1.82, 2.24) is 4.90 Å². The SMILES string of the molecule is Bc1ccc(C(=O)N2CCOCC2)cc1.O.O. The minimum atomic E-state index is 0. The zero-order valence-corrected chi connectivity index (χ0v) is 9.90. The van der Waals surface area contributed by atoms with E-state index in [1.54, 1.807) is 0 Å². The smallest absolute Gasteiger partial charge is 0.254 e. The first-order valence-corrected chi connectivity index (χ1v) is 5.21. The van der Waals surface area contributed by atoms with Gasteiger partial charge in [-0.1, -0.05) is 29.7 Å². The Kier molecular flexibility index (Phi) is 6.49. The summed E-state index contributed by atoms with van der Waals surface area (Å²) in [5.41, 5.74) is 1.94. The average molecular weight is 239 g/mol. The van der Waals surface area contributed by atoms with E-state index in [1.165, 1.54) is 5.46 Å². The van der Waals surface area contributed by atoms with E-state index in [0.717, 1.165) is 5.56 Å². The number of ether oxygens (including phenoxy) is 1. The molecule has 1 amide bonds. The lowest BCUT2D eigenvalue weighted by Gasteiger charge is -2.26. The van der Waals surface area contributed by atoms with Crippen molar-refractivity contribution in [2.45, 2.75) is 0 Å². The molecule has 5 nitrogen and oxygen atoms in total. The second kappa shape index (κ2) is 7.06. The van der Waals surface area contributed by atoms with Crippen molar-refractivity contribution in [2.75, 3.05) is 26.3 Å². The summed E-state index contributed by atoms with van der Waals surface area (Å²) in [6.45, 7) is 2.70. The molecule has 1 aliphatic heterocycles. The number of carbonyl (C=O) groups is 1. The zero-order chi connectivity index (χ0) is 10.7. The molecule has 4 N–H and O–H groups in total. The van der Waals surface area contributed by atoms with Gasteiger partial charge in [0.15, 0.2) is 0 Å². The Labute approximate surface area is 101 Å². The average Bonchev–Trinajstić information content (AvgIpc) is 2.30. The zero-order valence-electron chi connectivity index (χ0n) is 9.90. The summed E-state index contributed by atoms with van der Waals surface area (Å²) in [5, 5.41) is 0. The fraction of sp³-hybridized carbons (Fsp3) is 0.364. The van der Waals surface area contributed by atoms with Crippen LogP contribution in [-0.2, 0) is 4.74 Å². The number of hydrogen-bond acceptors (Lipinski definition) is 2. The quantitative estimate of drug-likeness (QED) is 0.518. The van der Waals surface area contributed by atoms with Crippen LogP contribution in [-0.4, -0.2) is 55.9 Å². The minimum Gasteiger partial charge on any atom is -0.412 e. The molecule has 0 saturated carbocycles. The summed E-state index contributed by atoms with van der Waals surface area (Å²) in [6, 6.07) is 7.70. The molecular formula is C11H18BNO4. The summed E-state index contributed by atoms with van der Waals surface area (Å²) >= 11 is 0. The second-order valence-corrected chi connectivity index (χ2v) is 3.77. The van der Waals surface area contributed by atoms with E-state index >= 15 is 0 Å². The third kappa shape index (κ3) is 3.85. The van der Waals surface area contributed by atoms with Crippen LogP contribution in [0.2, 0.25) is 0 Å². The lowest BCUT2D eigenvalue weighted by atomic mass is 9.95. The van der Waals surface area contributed by atoms with Crippen LogP contribution in [0, 0.1) is 0 Å². The fourth-order valence-corrected chi connectivity index (χ4v) is 1.65. The molecule has 1 heterocycles. The van der Waals surface area contributed by atoms with Crippen LogP contribution >= 0.6 is 0 Å². The molecule has 1 aromatic rings. The lowest BCUT2D eigenvalue weighted by Crippen LogP contribution is -2.40. The van der Waals surface area contributed by atoms with Crippen LogP contribution in [0.1, 0.15) is 10.4 Å². The molecule has 17 heavy (non-hydrogen) atoms. The molecular weight excluding hydrogens is 221 g/mol. The first kappa shape index (κ1) is 15.6. The monoisotopic (exact) mass is 239 g/mol. The van der Waals surface area contributed by atoms with Crippen LogP contribution in [0.4, 0.5) is 0 Å². The molecule has 0 spiro atoms. The van der Waals surface area contributed by atoms with E-state index < -0.39 is 0 Å². The Bertz CT molecular complexity index is 349. The number of nitrogens with zero attached hydrogens (tertiary/aromatic N) is 1. The summed E-state index contributed by atoms with van der Waals surface area (Å²) in [6.07, 6.45) is 0. The van der Waals surface area contributed by atoms with E-state index in [2.05, 4.69) is 0 Å². The van der Waals surface area contributed by atoms with Gasteiger partial charge < -0.3 is 20.6 Å². The van der Waals surface area contributed by atoms with Crippen LogP contribution in [0.3, 0.4) is 0 Å². The molecule has 2 rings (SSSR count). The highest BCUT2D eigenvalue weighted by Gasteiger charge is 2.17. The maximum Gasteiger partial charge on any atom is 0.254 e. The molecule has 0 aliphatic carbocycles. The molecule has 1 fully saturated rings. The Balaban J connectivity index is 0.00000128. The maximum absolute atomic E-state index is 12.0. The van der Waals surface area contributed by atoms with Crippen molar-refractivity contribution >= 4 is 19.2 Å². The van der Waals surface area contributed by atoms with Gasteiger partial charge in [0.25, 0.3) is 5.91 Å². The Hall–Kier alpha value is -1.37. The number of benzene rings is 1. The van der Waals surface area contributed by atoms with E-state index in [-0.39, 0.29) is 16.9 Å². The highest BCUT2D eigenvalue weighted by Crippen LogP contribution is 2.05. The van der Waals surface area contributed by atoms with Crippen molar-refractivity contribution in [3.63, 3.8) is 0 Å². The van der Waals surface area contributed by atoms with E-state index in [1.807, 2.05) is 37.0 Å². The van der Waals surface area contributed by atoms with Crippen LogP contribution in [0.5, 0.6) is 0 Å². The summed E-state index contributed by atoms with van der Waals surface area (Å²) < 4.78 is 5.21. The van der Waals surface area contributed by atoms with Crippen molar-refractivity contribution in [3.8, 4) is 0 Å². The van der Waals surface area contributed by atoms with E-state index in [9.17, 15) is 4.79 Å². The molecule has 0 unspecified atom stereocenters. The molecule has 0 atom stereocenters. The molecule has 0 aromatic heterocycles. The summed E-state index contributed by atoms with van der Waals surface area (Å²) in [5.74, 6) is 0.110. The van der Waals surface area contributed by atoms with Crippen LogP contribution in [0.25, 0.3) is 0 Å². The lowest BCUT2D eigenvalue weighted by molar-refractivity contribution is 0.0303. The highest BCUT2D eigenvalue weighted by molar-refractivity contribution is 6.32. The fourth-order valence-electron chi connectivity index (χ4n) is 1.65. The Morgan fingerprint density at radius 1 is 1.12 bits per heavy atom. The van der Waals surface area contributed by atoms with Crippen LogP contribution < -0.4 is 5.46 Å². The predicted octanol–water partition coefficient (Wildman–Crippen LogP) is -2.23. The molecule has 1 aromatic carbocycles. The first-order chi connectivity index (χ1) is 7.27. The van der Waals surface area contributed by atoms with E-state index in [4.69, 9.17) is 4.74 Å². The topological polar surface area (TPSA) is 92.5 Å². The molecule has 1 aliphatic rings. The standard InChI is InChI=1S/C11H14BNO2.2H2O/c12-10-3-1-9(2-4-10)11(14)13-5-7-15-8-6-13;;/h1-4H,5-8,12H2;2*1H2. The summed E-state index contributed by atoms with van der Waals surface area (Å²) in [4.78, 5) is 13.8. The Morgan fingerprint density at radius 2 is 1.65 bits per heavy atom. The number of morpholine rings is 1.